The topological polar surface area (TPSA) is 98.5 Å². The Morgan fingerprint density at radius 1 is 0.848 bits per heavy atom. The smallest absolute Gasteiger partial charge is 0.269 e. The highest BCUT2D eigenvalue weighted by atomic mass is 16.6. The number of ether oxygens (including phenoxy) is 1. The number of unbranched alkanes of at least 4 members (excludes halogenated alkanes) is 9. The maximum atomic E-state index is 12.4. The van der Waals surface area contributed by atoms with E-state index in [1.807, 2.05) is 0 Å². The van der Waals surface area contributed by atoms with Crippen LogP contribution >= 0.6 is 0 Å². The van der Waals surface area contributed by atoms with Gasteiger partial charge in [0.05, 0.1) is 17.2 Å². The van der Waals surface area contributed by atoms with Gasteiger partial charge in [0.25, 0.3) is 11.6 Å². The van der Waals surface area contributed by atoms with Crippen molar-refractivity contribution < 1.29 is 14.5 Å². The van der Waals surface area contributed by atoms with E-state index >= 15 is 0 Å². The zero-order valence-corrected chi connectivity index (χ0v) is 19.4. The van der Waals surface area contributed by atoms with Crippen molar-refractivity contribution in [1.29, 1.82) is 0 Å². The number of amides is 1. The molecule has 0 fully saturated rings. The van der Waals surface area contributed by atoms with Crippen molar-refractivity contribution >= 4 is 17.3 Å². The number of benzene rings is 1. The Hall–Kier alpha value is -3.22. The first-order chi connectivity index (χ1) is 16.0. The molecule has 0 saturated carbocycles. The van der Waals surface area contributed by atoms with Crippen LogP contribution in [0.4, 0.5) is 11.4 Å². The first-order valence-electron chi connectivity index (χ1n) is 11.8. The Morgan fingerprint density at radius 2 is 1.42 bits per heavy atom. The van der Waals surface area contributed by atoms with Gasteiger partial charge in [-0.2, -0.15) is 0 Å². The molecule has 0 atom stereocenters. The second-order valence-corrected chi connectivity index (χ2v) is 8.14. The van der Waals surface area contributed by atoms with Crippen LogP contribution < -0.4 is 15.5 Å². The van der Waals surface area contributed by atoms with Crippen LogP contribution in [-0.4, -0.2) is 17.4 Å². The van der Waals surface area contributed by atoms with E-state index in [0.29, 0.717) is 12.4 Å². The normalized spacial score (nSPS) is 10.6. The van der Waals surface area contributed by atoms with Crippen molar-refractivity contribution in [3.63, 3.8) is 0 Å². The van der Waals surface area contributed by atoms with E-state index in [1.54, 1.807) is 12.1 Å². The van der Waals surface area contributed by atoms with Crippen LogP contribution in [-0.2, 0) is 0 Å². The highest BCUT2D eigenvalue weighted by molar-refractivity contribution is 6.04. The van der Waals surface area contributed by atoms with Gasteiger partial charge in [-0.25, -0.2) is 0 Å². The molecule has 0 aliphatic heterocycles. The maximum Gasteiger partial charge on any atom is 0.269 e. The van der Waals surface area contributed by atoms with Gasteiger partial charge in [0.2, 0.25) is 5.43 Å². The van der Waals surface area contributed by atoms with Gasteiger partial charge in [0.15, 0.2) is 0 Å². The van der Waals surface area contributed by atoms with Crippen LogP contribution in [0.15, 0.2) is 53.3 Å². The number of nitro groups is 1. The Morgan fingerprint density at radius 3 is 2.03 bits per heavy atom. The molecule has 7 heteroatoms. The third-order valence-electron chi connectivity index (χ3n) is 5.43. The molecular weight excluding hydrogens is 420 g/mol. The minimum absolute atomic E-state index is 0.105. The molecule has 178 valence electrons. The quantitative estimate of drug-likeness (QED) is 0.188. The number of nitrogens with one attached hydrogen (secondary N) is 1. The molecule has 0 radical (unpaired) electrons. The number of non-ortho nitro benzene ring substituents is 1. The average Bonchev–Trinajstić information content (AvgIpc) is 2.99. The van der Waals surface area contributed by atoms with Crippen LogP contribution in [0.3, 0.4) is 0 Å². The van der Waals surface area contributed by atoms with E-state index in [-0.39, 0.29) is 22.4 Å². The summed E-state index contributed by atoms with van der Waals surface area (Å²) < 4.78 is 5.76. The van der Waals surface area contributed by atoms with Crippen molar-refractivity contribution in [3.05, 3.63) is 74.4 Å². The number of carbonyl (C=O) groups excluding carboxylic acids is 1. The van der Waals surface area contributed by atoms with Crippen LogP contribution in [0.5, 0.6) is 5.75 Å². The Kier molecular flexibility index (Phi) is 11.7. The number of hydrogen-bond acceptors (Lipinski definition) is 5. The molecule has 0 aromatic heterocycles. The molecule has 2 aromatic rings. The minimum atomic E-state index is -0.536. The summed E-state index contributed by atoms with van der Waals surface area (Å²) in [7, 11) is 0. The van der Waals surface area contributed by atoms with Gasteiger partial charge in [-0.15, -0.1) is 0 Å². The van der Waals surface area contributed by atoms with Crippen molar-refractivity contribution in [2.75, 3.05) is 11.9 Å². The molecule has 2 rings (SSSR count). The van der Waals surface area contributed by atoms with Gasteiger partial charge in [-0.1, -0.05) is 64.7 Å². The van der Waals surface area contributed by atoms with Gasteiger partial charge in [0.1, 0.15) is 5.75 Å². The predicted octanol–water partition coefficient (Wildman–Crippen LogP) is 6.51. The van der Waals surface area contributed by atoms with Crippen molar-refractivity contribution in [2.45, 2.75) is 71.1 Å². The summed E-state index contributed by atoms with van der Waals surface area (Å²) in [5.41, 5.74) is -0.110. The highest BCUT2D eigenvalue weighted by Gasteiger charge is 2.11. The largest absolute Gasteiger partial charge is 0.494 e. The molecule has 7 nitrogen and oxygen atoms in total. The third kappa shape index (κ3) is 9.85. The van der Waals surface area contributed by atoms with E-state index in [9.17, 15) is 19.7 Å². The molecule has 1 amide bonds. The monoisotopic (exact) mass is 454 g/mol. The molecule has 0 heterocycles. The average molecular weight is 455 g/mol. The molecule has 0 unspecified atom stereocenters. The Bertz CT molecular complexity index is 944. The summed E-state index contributed by atoms with van der Waals surface area (Å²) in [4.78, 5) is 34.8. The standard InChI is InChI=1S/C26H34N2O5/c1-2-3-4-5-6-7-8-9-10-11-20-33-23-16-18-24(25(29)19-17-23)27-26(30)21-12-14-22(15-13-21)28(31)32/h12-19H,2-11,20H2,1H3,(H,27,29,30). The number of nitro benzene ring substituents is 1. The van der Waals surface area contributed by atoms with Gasteiger partial charge in [-0.3, -0.25) is 19.7 Å². The van der Waals surface area contributed by atoms with Gasteiger partial charge < -0.3 is 10.1 Å². The molecule has 0 aliphatic rings. The zero-order valence-electron chi connectivity index (χ0n) is 19.4. The summed E-state index contributed by atoms with van der Waals surface area (Å²) in [5, 5.41) is 13.3. The predicted molar refractivity (Wildman–Crippen MR) is 131 cm³/mol. The Labute approximate surface area is 195 Å². The van der Waals surface area contributed by atoms with E-state index < -0.39 is 10.8 Å². The lowest BCUT2D eigenvalue weighted by atomic mass is 10.1. The van der Waals surface area contributed by atoms with E-state index in [4.69, 9.17) is 4.74 Å². The molecule has 33 heavy (non-hydrogen) atoms. The summed E-state index contributed by atoms with van der Waals surface area (Å²) in [6.45, 7) is 2.82. The van der Waals surface area contributed by atoms with Crippen LogP contribution in [0, 0.1) is 10.1 Å². The van der Waals surface area contributed by atoms with Gasteiger partial charge in [-0.05, 0) is 42.8 Å². The van der Waals surface area contributed by atoms with Crippen LogP contribution in [0.2, 0.25) is 0 Å². The molecule has 0 bridgehead atoms. The first kappa shape index (κ1) is 26.0. The molecule has 0 aliphatic carbocycles. The summed E-state index contributed by atoms with van der Waals surface area (Å²) in [5.74, 6) is 0.0555. The van der Waals surface area contributed by atoms with Crippen molar-refractivity contribution in [1.82, 2.24) is 0 Å². The van der Waals surface area contributed by atoms with Gasteiger partial charge in [0, 0.05) is 17.7 Å². The van der Waals surface area contributed by atoms with Crippen molar-refractivity contribution in [3.8, 4) is 5.75 Å². The number of hydrogen-bond donors (Lipinski definition) is 1. The lowest BCUT2D eigenvalue weighted by Gasteiger charge is -2.05. The summed E-state index contributed by atoms with van der Waals surface area (Å²) >= 11 is 0. The maximum absolute atomic E-state index is 12.4. The molecule has 1 N–H and O–H groups in total. The van der Waals surface area contributed by atoms with E-state index in [2.05, 4.69) is 12.2 Å². The van der Waals surface area contributed by atoms with Crippen LogP contribution in [0.1, 0.15) is 81.5 Å². The van der Waals surface area contributed by atoms with Crippen LogP contribution in [0.25, 0.3) is 0 Å². The number of nitrogens with zero attached hydrogens (tertiary/aromatic N) is 1. The first-order valence-corrected chi connectivity index (χ1v) is 11.8. The van der Waals surface area contributed by atoms with Crippen molar-refractivity contribution in [2.24, 2.45) is 0 Å². The fourth-order valence-corrected chi connectivity index (χ4v) is 3.46. The second-order valence-electron chi connectivity index (χ2n) is 8.14. The van der Waals surface area contributed by atoms with E-state index in [1.165, 1.54) is 87.8 Å². The lowest BCUT2D eigenvalue weighted by Crippen LogP contribution is -2.16. The number of rotatable bonds is 15. The SMILES string of the molecule is CCCCCCCCCCCCOc1ccc(NC(=O)c2ccc([N+](=O)[O-])cc2)c(=O)cc1. The summed E-state index contributed by atoms with van der Waals surface area (Å²) in [6.07, 6.45) is 12.5. The molecular formula is C26H34N2O5. The second kappa shape index (κ2) is 14.8. The lowest BCUT2D eigenvalue weighted by molar-refractivity contribution is -0.384. The minimum Gasteiger partial charge on any atom is -0.494 e. The van der Waals surface area contributed by atoms with Gasteiger partial charge >= 0.3 is 0 Å². The fourth-order valence-electron chi connectivity index (χ4n) is 3.46. The highest BCUT2D eigenvalue weighted by Crippen LogP contribution is 2.15. The number of carbonyl (C=O) groups is 1. The Balaban J connectivity index is 1.74. The zero-order chi connectivity index (χ0) is 23.9. The van der Waals surface area contributed by atoms with E-state index in [0.717, 1.165) is 12.8 Å². The molecule has 0 saturated heterocycles. The fraction of sp³-hybridized carbons (Fsp3) is 0.462. The number of anilines is 1. The molecule has 2 aromatic carbocycles. The summed E-state index contributed by atoms with van der Waals surface area (Å²) in [6, 6.07) is 11.3. The third-order valence-corrected chi connectivity index (χ3v) is 5.43. The molecule has 0 spiro atoms.